The van der Waals surface area contributed by atoms with Crippen molar-refractivity contribution in [1.82, 2.24) is 9.78 Å². The zero-order valence-corrected chi connectivity index (χ0v) is 12.3. The van der Waals surface area contributed by atoms with Gasteiger partial charge in [0.25, 0.3) is 0 Å². The number of aromatic nitrogens is 2. The predicted octanol–water partition coefficient (Wildman–Crippen LogP) is 3.26. The molecule has 0 aliphatic heterocycles. The molecule has 0 aliphatic rings. The minimum absolute atomic E-state index is 0.214. The fraction of sp³-hybridized carbons (Fsp3) is 0.182. The van der Waals surface area contributed by atoms with Gasteiger partial charge in [-0.1, -0.05) is 0 Å². The molecule has 0 radical (unpaired) electrons. The second-order valence-electron chi connectivity index (χ2n) is 3.64. The Hall–Kier alpha value is -1.01. The van der Waals surface area contributed by atoms with Crippen LogP contribution in [0.5, 0.6) is 5.75 Å². The third-order valence-corrected chi connectivity index (χ3v) is 3.47. The Morgan fingerprint density at radius 1 is 1.35 bits per heavy atom. The van der Waals surface area contributed by atoms with E-state index in [1.807, 2.05) is 31.4 Å². The second kappa shape index (κ2) is 5.10. The van der Waals surface area contributed by atoms with Gasteiger partial charge in [-0.2, -0.15) is 5.10 Å². The molecule has 0 bridgehead atoms. The van der Waals surface area contributed by atoms with Crippen molar-refractivity contribution in [3.05, 3.63) is 38.9 Å². The van der Waals surface area contributed by atoms with Gasteiger partial charge in [-0.25, -0.2) is 0 Å². The largest absolute Gasteiger partial charge is 0.506 e. The van der Waals surface area contributed by atoms with Crippen molar-refractivity contribution >= 4 is 37.7 Å². The Balaban J connectivity index is 2.09. The van der Waals surface area contributed by atoms with Crippen molar-refractivity contribution in [3.8, 4) is 5.75 Å². The average Bonchev–Trinajstić information content (AvgIpc) is 2.69. The Kier molecular flexibility index (Phi) is 3.73. The van der Waals surface area contributed by atoms with Gasteiger partial charge in [0.15, 0.2) is 0 Å². The Labute approximate surface area is 116 Å². The van der Waals surface area contributed by atoms with Crippen LogP contribution in [0.25, 0.3) is 0 Å². The number of benzene rings is 1. The molecular formula is C11H11Br2N3O. The van der Waals surface area contributed by atoms with Gasteiger partial charge < -0.3 is 10.4 Å². The number of nitrogens with one attached hydrogen (secondary N) is 1. The lowest BCUT2D eigenvalue weighted by Crippen LogP contribution is -2.01. The van der Waals surface area contributed by atoms with Crippen molar-refractivity contribution in [2.75, 3.05) is 5.32 Å². The zero-order chi connectivity index (χ0) is 12.4. The van der Waals surface area contributed by atoms with Crippen LogP contribution in [0.4, 0.5) is 5.82 Å². The van der Waals surface area contributed by atoms with Crippen LogP contribution in [0.3, 0.4) is 0 Å². The summed E-state index contributed by atoms with van der Waals surface area (Å²) in [6.07, 6.45) is 1.88. The maximum atomic E-state index is 9.59. The van der Waals surface area contributed by atoms with Gasteiger partial charge in [-0.15, -0.1) is 0 Å². The molecule has 0 saturated carbocycles. The average molecular weight is 361 g/mol. The first kappa shape index (κ1) is 12.4. The molecule has 4 nitrogen and oxygen atoms in total. The van der Waals surface area contributed by atoms with E-state index in [4.69, 9.17) is 0 Å². The molecule has 0 amide bonds. The number of halogens is 2. The highest BCUT2D eigenvalue weighted by molar-refractivity contribution is 9.11. The molecule has 2 aromatic rings. The Bertz CT molecular complexity index is 516. The predicted molar refractivity (Wildman–Crippen MR) is 74.0 cm³/mol. The first-order chi connectivity index (χ1) is 8.06. The highest BCUT2D eigenvalue weighted by Gasteiger charge is 2.06. The first-order valence-electron chi connectivity index (χ1n) is 4.96. The summed E-state index contributed by atoms with van der Waals surface area (Å²) in [6, 6.07) is 5.65. The van der Waals surface area contributed by atoms with Crippen LogP contribution in [-0.2, 0) is 13.6 Å². The maximum absolute atomic E-state index is 9.59. The summed E-state index contributed by atoms with van der Waals surface area (Å²) >= 11 is 6.60. The molecule has 90 valence electrons. The highest BCUT2D eigenvalue weighted by atomic mass is 79.9. The quantitative estimate of drug-likeness (QED) is 0.883. The minimum Gasteiger partial charge on any atom is -0.506 e. The van der Waals surface area contributed by atoms with Gasteiger partial charge >= 0.3 is 0 Å². The number of rotatable bonds is 3. The molecule has 1 aromatic carbocycles. The lowest BCUT2D eigenvalue weighted by atomic mass is 10.2. The number of aryl methyl sites for hydroxylation is 1. The highest BCUT2D eigenvalue weighted by Crippen LogP contribution is 2.33. The van der Waals surface area contributed by atoms with Gasteiger partial charge in [-0.05, 0) is 49.6 Å². The molecule has 0 saturated heterocycles. The summed E-state index contributed by atoms with van der Waals surface area (Å²) in [5, 5.41) is 17.0. The molecule has 17 heavy (non-hydrogen) atoms. The van der Waals surface area contributed by atoms with Crippen LogP contribution in [0.2, 0.25) is 0 Å². The van der Waals surface area contributed by atoms with E-state index in [2.05, 4.69) is 42.3 Å². The lowest BCUT2D eigenvalue weighted by molar-refractivity contribution is 0.468. The Morgan fingerprint density at radius 2 is 2.00 bits per heavy atom. The van der Waals surface area contributed by atoms with E-state index in [-0.39, 0.29) is 5.75 Å². The zero-order valence-electron chi connectivity index (χ0n) is 9.11. The molecule has 0 atom stereocenters. The van der Waals surface area contributed by atoms with E-state index in [0.29, 0.717) is 15.5 Å². The summed E-state index contributed by atoms with van der Waals surface area (Å²) in [7, 11) is 1.87. The molecule has 0 aliphatic carbocycles. The summed E-state index contributed by atoms with van der Waals surface area (Å²) < 4.78 is 3.08. The number of phenolic OH excluding ortho intramolecular Hbond substituents is 1. The number of phenols is 1. The molecule has 1 aromatic heterocycles. The molecule has 2 N–H and O–H groups in total. The van der Waals surface area contributed by atoms with Gasteiger partial charge in [0.2, 0.25) is 0 Å². The molecule has 0 spiro atoms. The van der Waals surface area contributed by atoms with E-state index in [0.717, 1.165) is 11.4 Å². The van der Waals surface area contributed by atoms with Crippen LogP contribution in [0.1, 0.15) is 5.56 Å². The van der Waals surface area contributed by atoms with Gasteiger partial charge in [-0.3, -0.25) is 4.68 Å². The van der Waals surface area contributed by atoms with Crippen molar-refractivity contribution < 1.29 is 5.11 Å². The van der Waals surface area contributed by atoms with Crippen molar-refractivity contribution in [2.24, 2.45) is 7.05 Å². The summed E-state index contributed by atoms with van der Waals surface area (Å²) in [6.45, 7) is 0.647. The smallest absolute Gasteiger partial charge is 0.148 e. The maximum Gasteiger partial charge on any atom is 0.148 e. The normalized spacial score (nSPS) is 10.5. The fourth-order valence-electron chi connectivity index (χ4n) is 1.42. The van der Waals surface area contributed by atoms with Crippen molar-refractivity contribution in [3.63, 3.8) is 0 Å². The third-order valence-electron chi connectivity index (χ3n) is 2.26. The van der Waals surface area contributed by atoms with Crippen LogP contribution in [0, 0.1) is 0 Å². The molecule has 1 heterocycles. The summed E-state index contributed by atoms with van der Waals surface area (Å²) in [5.74, 6) is 1.04. The summed E-state index contributed by atoms with van der Waals surface area (Å²) in [5.41, 5.74) is 1.05. The molecule has 2 rings (SSSR count). The summed E-state index contributed by atoms with van der Waals surface area (Å²) in [4.78, 5) is 0. The van der Waals surface area contributed by atoms with Crippen LogP contribution >= 0.6 is 31.9 Å². The molecular weight excluding hydrogens is 350 g/mol. The van der Waals surface area contributed by atoms with E-state index in [9.17, 15) is 5.11 Å². The molecule has 0 fully saturated rings. The van der Waals surface area contributed by atoms with Crippen LogP contribution < -0.4 is 5.32 Å². The first-order valence-corrected chi connectivity index (χ1v) is 6.55. The molecule has 0 unspecified atom stereocenters. The number of hydrogen-bond acceptors (Lipinski definition) is 3. The van der Waals surface area contributed by atoms with E-state index >= 15 is 0 Å². The lowest BCUT2D eigenvalue weighted by Gasteiger charge is -2.07. The van der Waals surface area contributed by atoms with E-state index in [1.54, 1.807) is 4.68 Å². The fourth-order valence-corrected chi connectivity index (χ4v) is 2.70. The van der Waals surface area contributed by atoms with E-state index in [1.165, 1.54) is 0 Å². The SMILES string of the molecule is Cn1ccc(NCc2cc(Br)c(O)c(Br)c2)n1. The molecule has 6 heteroatoms. The van der Waals surface area contributed by atoms with Gasteiger partial charge in [0.05, 0.1) is 8.95 Å². The van der Waals surface area contributed by atoms with Crippen LogP contribution in [-0.4, -0.2) is 14.9 Å². The third kappa shape index (κ3) is 3.01. The Morgan fingerprint density at radius 3 is 2.53 bits per heavy atom. The standard InChI is InChI=1S/C11H11Br2N3O/c1-16-3-2-10(15-16)14-6-7-4-8(12)11(17)9(13)5-7/h2-5,17H,6H2,1H3,(H,14,15). The second-order valence-corrected chi connectivity index (χ2v) is 5.34. The van der Waals surface area contributed by atoms with E-state index < -0.39 is 0 Å². The number of aromatic hydroxyl groups is 1. The van der Waals surface area contributed by atoms with Crippen LogP contribution in [0.15, 0.2) is 33.3 Å². The number of hydrogen-bond donors (Lipinski definition) is 2. The minimum atomic E-state index is 0.214. The van der Waals surface area contributed by atoms with Gasteiger partial charge in [0.1, 0.15) is 11.6 Å². The monoisotopic (exact) mass is 359 g/mol. The topological polar surface area (TPSA) is 50.1 Å². The number of anilines is 1. The van der Waals surface area contributed by atoms with Crippen molar-refractivity contribution in [1.29, 1.82) is 0 Å². The van der Waals surface area contributed by atoms with Crippen molar-refractivity contribution in [2.45, 2.75) is 6.54 Å². The number of nitrogens with zero attached hydrogens (tertiary/aromatic N) is 2. The van der Waals surface area contributed by atoms with Gasteiger partial charge in [0, 0.05) is 25.9 Å².